The number of ether oxygens (including phenoxy) is 1. The molecule has 108 valence electrons. The van der Waals surface area contributed by atoms with Gasteiger partial charge in [0, 0.05) is 0 Å². The Morgan fingerprint density at radius 1 is 1.25 bits per heavy atom. The fraction of sp³-hybridized carbons (Fsp3) is 0.200. The Balaban J connectivity index is 2.32. The number of rotatable bonds is 3. The van der Waals surface area contributed by atoms with Gasteiger partial charge in [0.2, 0.25) is 10.6 Å². The molecular formula is C10H5BrF5N3O. The van der Waals surface area contributed by atoms with Crippen molar-refractivity contribution < 1.29 is 26.7 Å². The first-order valence-corrected chi connectivity index (χ1v) is 5.84. The summed E-state index contributed by atoms with van der Waals surface area (Å²) in [5.74, 6) is -3.11. The maximum Gasteiger partial charge on any atom is 0.408 e. The summed E-state index contributed by atoms with van der Waals surface area (Å²) in [6, 6.07) is 2.43. The minimum absolute atomic E-state index is 0.173. The van der Waals surface area contributed by atoms with Crippen molar-refractivity contribution in [3.8, 4) is 11.8 Å². The predicted molar refractivity (Wildman–Crippen MR) is 60.2 cm³/mol. The SMILES string of the molecule is Fc1cccc(Oc2nc(Br)nn2CC(F)(F)F)c1F. The van der Waals surface area contributed by atoms with Gasteiger partial charge in [0.05, 0.1) is 0 Å². The molecule has 0 radical (unpaired) electrons. The molecule has 0 N–H and O–H groups in total. The zero-order valence-electron chi connectivity index (χ0n) is 9.46. The van der Waals surface area contributed by atoms with Gasteiger partial charge in [0.15, 0.2) is 11.6 Å². The Hall–Kier alpha value is -1.71. The van der Waals surface area contributed by atoms with Crippen LogP contribution >= 0.6 is 15.9 Å². The van der Waals surface area contributed by atoms with E-state index in [9.17, 15) is 22.0 Å². The molecule has 0 aliphatic carbocycles. The van der Waals surface area contributed by atoms with Crippen LogP contribution in [0.4, 0.5) is 22.0 Å². The van der Waals surface area contributed by atoms with Gasteiger partial charge < -0.3 is 4.74 Å². The van der Waals surface area contributed by atoms with E-state index >= 15 is 0 Å². The molecule has 0 aliphatic heterocycles. The summed E-state index contributed by atoms with van der Waals surface area (Å²) < 4.78 is 68.3. The van der Waals surface area contributed by atoms with Crippen LogP contribution in [0.25, 0.3) is 0 Å². The van der Waals surface area contributed by atoms with Crippen molar-refractivity contribution >= 4 is 15.9 Å². The fourth-order valence-corrected chi connectivity index (χ4v) is 1.65. The topological polar surface area (TPSA) is 39.9 Å². The van der Waals surface area contributed by atoms with E-state index in [2.05, 4.69) is 26.0 Å². The Bertz CT molecular complexity index is 628. The van der Waals surface area contributed by atoms with Crippen molar-refractivity contribution in [2.24, 2.45) is 0 Å². The summed E-state index contributed by atoms with van der Waals surface area (Å²) in [4.78, 5) is 3.52. The maximum absolute atomic E-state index is 13.4. The zero-order valence-corrected chi connectivity index (χ0v) is 11.0. The van der Waals surface area contributed by atoms with Gasteiger partial charge >= 0.3 is 12.2 Å². The largest absolute Gasteiger partial charge is 0.421 e. The number of alkyl halides is 3. The average molecular weight is 358 g/mol. The average Bonchev–Trinajstić information content (AvgIpc) is 2.63. The van der Waals surface area contributed by atoms with Crippen molar-refractivity contribution in [3.05, 3.63) is 34.6 Å². The van der Waals surface area contributed by atoms with Gasteiger partial charge in [-0.15, -0.1) is 5.10 Å². The van der Waals surface area contributed by atoms with Gasteiger partial charge in [-0.25, -0.2) is 9.07 Å². The van der Waals surface area contributed by atoms with Crippen LogP contribution in [-0.4, -0.2) is 20.9 Å². The standard InChI is InChI=1S/C10H5BrF5N3O/c11-8-17-9(19(18-8)4-10(14,15)16)20-6-3-1-2-5(12)7(6)13/h1-3H,4H2. The highest BCUT2D eigenvalue weighted by atomic mass is 79.9. The summed E-state index contributed by atoms with van der Waals surface area (Å²) in [7, 11) is 0. The lowest BCUT2D eigenvalue weighted by molar-refractivity contribution is -0.143. The lowest BCUT2D eigenvalue weighted by Crippen LogP contribution is -2.19. The van der Waals surface area contributed by atoms with Gasteiger partial charge in [-0.2, -0.15) is 22.5 Å². The molecule has 0 saturated heterocycles. The van der Waals surface area contributed by atoms with Crippen LogP contribution in [-0.2, 0) is 6.54 Å². The second-order valence-corrected chi connectivity index (χ2v) is 4.30. The van der Waals surface area contributed by atoms with Crippen molar-refractivity contribution in [1.82, 2.24) is 14.8 Å². The summed E-state index contributed by atoms with van der Waals surface area (Å²) in [5, 5.41) is 3.41. The summed E-state index contributed by atoms with van der Waals surface area (Å²) in [6.07, 6.45) is -4.56. The molecule has 0 unspecified atom stereocenters. The predicted octanol–water partition coefficient (Wildman–Crippen LogP) is 3.67. The van der Waals surface area contributed by atoms with E-state index in [0.29, 0.717) is 4.68 Å². The molecule has 0 bridgehead atoms. The fourth-order valence-electron chi connectivity index (χ4n) is 1.31. The zero-order chi connectivity index (χ0) is 14.9. The lowest BCUT2D eigenvalue weighted by Gasteiger charge is -2.09. The van der Waals surface area contributed by atoms with Crippen molar-refractivity contribution in [3.63, 3.8) is 0 Å². The van der Waals surface area contributed by atoms with Crippen molar-refractivity contribution in [1.29, 1.82) is 0 Å². The summed E-state index contributed by atoms with van der Waals surface area (Å²) >= 11 is 2.78. The van der Waals surface area contributed by atoms with E-state index in [0.717, 1.165) is 18.2 Å². The molecule has 1 aromatic carbocycles. The Morgan fingerprint density at radius 2 is 1.95 bits per heavy atom. The van der Waals surface area contributed by atoms with Crippen LogP contribution < -0.4 is 4.74 Å². The van der Waals surface area contributed by atoms with Crippen LogP contribution in [0.3, 0.4) is 0 Å². The number of benzene rings is 1. The molecule has 20 heavy (non-hydrogen) atoms. The molecule has 1 heterocycles. The highest BCUT2D eigenvalue weighted by molar-refractivity contribution is 9.10. The van der Waals surface area contributed by atoms with E-state index in [1.807, 2.05) is 0 Å². The van der Waals surface area contributed by atoms with E-state index in [4.69, 9.17) is 4.74 Å². The van der Waals surface area contributed by atoms with Crippen LogP contribution in [0.1, 0.15) is 0 Å². The smallest absolute Gasteiger partial charge is 0.408 e. The van der Waals surface area contributed by atoms with Crippen LogP contribution in [0.5, 0.6) is 11.8 Å². The van der Waals surface area contributed by atoms with Crippen LogP contribution in [0, 0.1) is 11.6 Å². The van der Waals surface area contributed by atoms with Crippen molar-refractivity contribution in [2.75, 3.05) is 0 Å². The third-order valence-electron chi connectivity index (χ3n) is 2.06. The maximum atomic E-state index is 13.4. The normalized spacial score (nSPS) is 11.7. The number of nitrogens with zero attached hydrogens (tertiary/aromatic N) is 3. The third-order valence-corrected chi connectivity index (χ3v) is 2.39. The first-order chi connectivity index (χ1) is 9.26. The molecule has 0 atom stereocenters. The minimum atomic E-state index is -4.56. The van der Waals surface area contributed by atoms with E-state index < -0.39 is 36.1 Å². The Kier molecular flexibility index (Phi) is 3.93. The van der Waals surface area contributed by atoms with Gasteiger partial charge in [0.1, 0.15) is 6.54 Å². The third kappa shape index (κ3) is 3.44. The number of hydrogen-bond acceptors (Lipinski definition) is 3. The summed E-state index contributed by atoms with van der Waals surface area (Å²) in [5.41, 5.74) is 0. The molecule has 0 amide bonds. The quantitative estimate of drug-likeness (QED) is 0.787. The van der Waals surface area contributed by atoms with Gasteiger partial charge in [-0.3, -0.25) is 0 Å². The Morgan fingerprint density at radius 3 is 2.60 bits per heavy atom. The first kappa shape index (κ1) is 14.7. The van der Waals surface area contributed by atoms with Crippen LogP contribution in [0.15, 0.2) is 22.9 Å². The second kappa shape index (κ2) is 5.35. The number of hydrogen-bond donors (Lipinski definition) is 0. The molecule has 4 nitrogen and oxygen atoms in total. The monoisotopic (exact) mass is 357 g/mol. The Labute approximate surface area is 117 Å². The summed E-state index contributed by atoms with van der Waals surface area (Å²) in [6.45, 7) is -1.47. The second-order valence-electron chi connectivity index (χ2n) is 3.59. The van der Waals surface area contributed by atoms with E-state index in [-0.39, 0.29) is 4.73 Å². The molecule has 1 aromatic heterocycles. The van der Waals surface area contributed by atoms with Crippen LogP contribution in [0.2, 0.25) is 0 Å². The van der Waals surface area contributed by atoms with Gasteiger partial charge in [0.25, 0.3) is 0 Å². The molecular weight excluding hydrogens is 353 g/mol. The molecule has 10 heteroatoms. The molecule has 0 spiro atoms. The number of aromatic nitrogens is 3. The minimum Gasteiger partial charge on any atom is -0.421 e. The van der Waals surface area contributed by atoms with Crippen molar-refractivity contribution in [2.45, 2.75) is 12.7 Å². The highest BCUT2D eigenvalue weighted by Gasteiger charge is 2.31. The first-order valence-electron chi connectivity index (χ1n) is 5.05. The highest BCUT2D eigenvalue weighted by Crippen LogP contribution is 2.27. The molecule has 2 rings (SSSR count). The van der Waals surface area contributed by atoms with E-state index in [1.54, 1.807) is 0 Å². The van der Waals surface area contributed by atoms with E-state index in [1.165, 1.54) is 0 Å². The lowest BCUT2D eigenvalue weighted by atomic mass is 10.3. The molecule has 0 aliphatic rings. The van der Waals surface area contributed by atoms with Gasteiger partial charge in [-0.05, 0) is 28.1 Å². The molecule has 0 saturated carbocycles. The molecule has 2 aromatic rings. The number of halogens is 6. The van der Waals surface area contributed by atoms with Gasteiger partial charge in [-0.1, -0.05) is 6.07 Å². The molecule has 0 fully saturated rings.